The van der Waals surface area contributed by atoms with Gasteiger partial charge in [-0.1, -0.05) is 12.1 Å². The van der Waals surface area contributed by atoms with Crippen LogP contribution in [0.15, 0.2) is 18.2 Å². The predicted molar refractivity (Wildman–Crippen MR) is 75.0 cm³/mol. The van der Waals surface area contributed by atoms with Crippen molar-refractivity contribution >= 4 is 11.8 Å². The van der Waals surface area contributed by atoms with Crippen LogP contribution in [0.2, 0.25) is 0 Å². The van der Waals surface area contributed by atoms with Crippen LogP contribution in [0, 0.1) is 0 Å². The van der Waals surface area contributed by atoms with Crippen LogP contribution in [-0.4, -0.2) is 24.7 Å². The van der Waals surface area contributed by atoms with Crippen LogP contribution in [0.5, 0.6) is 5.75 Å². The quantitative estimate of drug-likeness (QED) is 0.869. The Hall–Kier alpha value is -0.670. The summed E-state index contributed by atoms with van der Waals surface area (Å²) in [5.74, 6) is 2.22. The van der Waals surface area contributed by atoms with Crippen LogP contribution in [0.4, 0.5) is 0 Å². The minimum absolute atomic E-state index is 0.406. The lowest BCUT2D eigenvalue weighted by Crippen LogP contribution is -2.30. The van der Waals surface area contributed by atoms with Gasteiger partial charge in [-0.05, 0) is 37.3 Å². The number of ether oxygens (including phenoxy) is 1. The number of benzene rings is 1. The van der Waals surface area contributed by atoms with Crippen LogP contribution in [0.25, 0.3) is 0 Å². The van der Waals surface area contributed by atoms with E-state index in [9.17, 15) is 0 Å². The molecule has 1 aromatic rings. The molecule has 0 fully saturated rings. The Balaban J connectivity index is 2.01. The van der Waals surface area contributed by atoms with Gasteiger partial charge in [-0.2, -0.15) is 11.8 Å². The van der Waals surface area contributed by atoms with Crippen molar-refractivity contribution in [3.05, 3.63) is 29.3 Å². The van der Waals surface area contributed by atoms with Crippen molar-refractivity contribution < 1.29 is 4.74 Å². The van der Waals surface area contributed by atoms with Gasteiger partial charge in [0.05, 0.1) is 6.61 Å². The van der Waals surface area contributed by atoms with E-state index in [0.29, 0.717) is 12.1 Å². The number of thioether (sulfide) groups is 1. The fraction of sp³-hybridized carbons (Fsp3) is 0.571. The first-order chi connectivity index (χ1) is 8.20. The maximum Gasteiger partial charge on any atom is 0.122 e. The largest absolute Gasteiger partial charge is 0.493 e. The standard InChI is InChI=1S/C14H21NOS/c1-10(9-17-3)15-11(2)12-4-5-14-13(8-12)6-7-16-14/h4-5,8,10-11,15H,6-7,9H2,1-3H3. The Labute approximate surface area is 108 Å². The molecule has 1 heterocycles. The van der Waals surface area contributed by atoms with Gasteiger partial charge in [0, 0.05) is 24.3 Å². The van der Waals surface area contributed by atoms with Gasteiger partial charge in [0.15, 0.2) is 0 Å². The zero-order valence-electron chi connectivity index (χ0n) is 10.8. The van der Waals surface area contributed by atoms with Crippen molar-refractivity contribution in [1.29, 1.82) is 0 Å². The van der Waals surface area contributed by atoms with E-state index in [-0.39, 0.29) is 0 Å². The highest BCUT2D eigenvalue weighted by atomic mass is 32.2. The minimum Gasteiger partial charge on any atom is -0.493 e. The monoisotopic (exact) mass is 251 g/mol. The Morgan fingerprint density at radius 1 is 1.41 bits per heavy atom. The topological polar surface area (TPSA) is 21.3 Å². The van der Waals surface area contributed by atoms with E-state index >= 15 is 0 Å². The van der Waals surface area contributed by atoms with E-state index in [1.807, 2.05) is 11.8 Å². The first-order valence-corrected chi connectivity index (χ1v) is 7.60. The van der Waals surface area contributed by atoms with Gasteiger partial charge in [-0.15, -0.1) is 0 Å². The van der Waals surface area contributed by atoms with Crippen LogP contribution in [0.1, 0.15) is 31.0 Å². The molecule has 3 heteroatoms. The maximum absolute atomic E-state index is 5.53. The van der Waals surface area contributed by atoms with Crippen LogP contribution >= 0.6 is 11.8 Å². The lowest BCUT2D eigenvalue weighted by Gasteiger charge is -2.20. The summed E-state index contributed by atoms with van der Waals surface area (Å²) in [4.78, 5) is 0. The SMILES string of the molecule is CSCC(C)NC(C)c1ccc2c(c1)CCO2. The van der Waals surface area contributed by atoms with Gasteiger partial charge < -0.3 is 10.1 Å². The molecule has 0 aromatic heterocycles. The molecule has 0 saturated carbocycles. The van der Waals surface area contributed by atoms with Crippen molar-refractivity contribution in [1.82, 2.24) is 5.32 Å². The maximum atomic E-state index is 5.53. The molecule has 0 spiro atoms. The summed E-state index contributed by atoms with van der Waals surface area (Å²) in [6, 6.07) is 7.52. The summed E-state index contributed by atoms with van der Waals surface area (Å²) in [6.45, 7) is 5.31. The Morgan fingerprint density at radius 3 is 3.00 bits per heavy atom. The molecule has 17 heavy (non-hydrogen) atoms. The van der Waals surface area contributed by atoms with Gasteiger partial charge in [-0.25, -0.2) is 0 Å². The molecule has 1 aromatic carbocycles. The van der Waals surface area contributed by atoms with E-state index in [1.54, 1.807) is 0 Å². The average Bonchev–Trinajstić information content (AvgIpc) is 2.75. The smallest absolute Gasteiger partial charge is 0.122 e. The van der Waals surface area contributed by atoms with Gasteiger partial charge in [0.1, 0.15) is 5.75 Å². The van der Waals surface area contributed by atoms with Gasteiger partial charge in [0.2, 0.25) is 0 Å². The molecule has 0 saturated heterocycles. The molecule has 2 nitrogen and oxygen atoms in total. The molecule has 0 aliphatic carbocycles. The molecule has 0 radical (unpaired) electrons. The third-order valence-electron chi connectivity index (χ3n) is 3.16. The van der Waals surface area contributed by atoms with Crippen molar-refractivity contribution in [3.8, 4) is 5.75 Å². The zero-order valence-corrected chi connectivity index (χ0v) is 11.6. The Bertz CT molecular complexity index is 380. The van der Waals surface area contributed by atoms with Crippen molar-refractivity contribution in [2.45, 2.75) is 32.4 Å². The number of hydrogen-bond acceptors (Lipinski definition) is 3. The van der Waals surface area contributed by atoms with Gasteiger partial charge in [-0.3, -0.25) is 0 Å². The Morgan fingerprint density at radius 2 is 2.24 bits per heavy atom. The van der Waals surface area contributed by atoms with Gasteiger partial charge in [0.25, 0.3) is 0 Å². The van der Waals surface area contributed by atoms with E-state index < -0.39 is 0 Å². The van der Waals surface area contributed by atoms with E-state index in [1.165, 1.54) is 11.1 Å². The second-order valence-electron chi connectivity index (χ2n) is 4.71. The zero-order chi connectivity index (χ0) is 12.3. The molecule has 0 amide bonds. The molecule has 2 rings (SSSR count). The van der Waals surface area contributed by atoms with Crippen LogP contribution in [-0.2, 0) is 6.42 Å². The summed E-state index contributed by atoms with van der Waals surface area (Å²) < 4.78 is 5.53. The summed E-state index contributed by atoms with van der Waals surface area (Å²) in [7, 11) is 0. The first kappa shape index (κ1) is 12.8. The Kier molecular flexibility index (Phi) is 4.35. The van der Waals surface area contributed by atoms with Gasteiger partial charge >= 0.3 is 0 Å². The molecule has 94 valence electrons. The second-order valence-corrected chi connectivity index (χ2v) is 5.62. The molecule has 1 N–H and O–H groups in total. The average molecular weight is 251 g/mol. The third-order valence-corrected chi connectivity index (χ3v) is 4.00. The summed E-state index contributed by atoms with van der Waals surface area (Å²) >= 11 is 1.88. The van der Waals surface area contributed by atoms with E-state index in [4.69, 9.17) is 4.74 Å². The van der Waals surface area contributed by atoms with Crippen molar-refractivity contribution in [2.24, 2.45) is 0 Å². The molecular formula is C14H21NOS. The second kappa shape index (κ2) is 5.78. The minimum atomic E-state index is 0.406. The molecule has 0 bridgehead atoms. The highest BCUT2D eigenvalue weighted by molar-refractivity contribution is 7.98. The molecule has 2 atom stereocenters. The molecular weight excluding hydrogens is 230 g/mol. The van der Waals surface area contributed by atoms with Crippen LogP contribution < -0.4 is 10.1 Å². The fourth-order valence-electron chi connectivity index (χ4n) is 2.30. The highest BCUT2D eigenvalue weighted by Crippen LogP contribution is 2.28. The molecule has 1 aliphatic heterocycles. The highest BCUT2D eigenvalue weighted by Gasteiger charge is 2.15. The first-order valence-electron chi connectivity index (χ1n) is 6.21. The third kappa shape index (κ3) is 3.17. The van der Waals surface area contributed by atoms with Crippen molar-refractivity contribution in [2.75, 3.05) is 18.6 Å². The van der Waals surface area contributed by atoms with E-state index in [2.05, 4.69) is 43.6 Å². The number of hydrogen-bond donors (Lipinski definition) is 1. The van der Waals surface area contributed by atoms with E-state index in [0.717, 1.165) is 24.5 Å². The lowest BCUT2D eigenvalue weighted by atomic mass is 10.0. The molecule has 2 unspecified atom stereocenters. The number of nitrogens with one attached hydrogen (secondary N) is 1. The lowest BCUT2D eigenvalue weighted by molar-refractivity contribution is 0.356. The van der Waals surface area contributed by atoms with Crippen molar-refractivity contribution in [3.63, 3.8) is 0 Å². The number of rotatable bonds is 5. The summed E-state index contributed by atoms with van der Waals surface area (Å²) in [6.07, 6.45) is 3.20. The predicted octanol–water partition coefficient (Wildman–Crippen LogP) is 3.02. The normalized spacial score (nSPS) is 17.4. The summed E-state index contributed by atoms with van der Waals surface area (Å²) in [5.41, 5.74) is 2.72. The molecule has 1 aliphatic rings. The van der Waals surface area contributed by atoms with Crippen LogP contribution in [0.3, 0.4) is 0 Å². The number of fused-ring (bicyclic) bond motifs is 1. The summed E-state index contributed by atoms with van der Waals surface area (Å²) in [5, 5.41) is 3.63. The fourth-order valence-corrected chi connectivity index (χ4v) is 2.89.